The van der Waals surface area contributed by atoms with Crippen LogP contribution in [0.25, 0.3) is 32.7 Å². The highest BCUT2D eigenvalue weighted by Gasteiger charge is 2.52. The summed E-state index contributed by atoms with van der Waals surface area (Å²) in [6.45, 7) is -0.636. The number of fused-ring (bicyclic) bond motifs is 3. The predicted octanol–water partition coefficient (Wildman–Crippen LogP) is 2.09. The van der Waals surface area contributed by atoms with Crippen LogP contribution in [0.1, 0.15) is 22.9 Å². The lowest BCUT2D eigenvalue weighted by Gasteiger charge is -2.27. The second kappa shape index (κ2) is 16.8. The van der Waals surface area contributed by atoms with Crippen LogP contribution in [0.2, 0.25) is 0 Å². The Balaban J connectivity index is 1.08. The maximum absolute atomic E-state index is 14.8. The summed E-state index contributed by atoms with van der Waals surface area (Å²) < 4.78 is 39.0. The molecule has 1 fully saturated rings. The van der Waals surface area contributed by atoms with E-state index in [1.54, 1.807) is 18.6 Å². The molecule has 3 aromatic carbocycles. The molecular formula is C42H41FN8O9. The van der Waals surface area contributed by atoms with Gasteiger partial charge < -0.3 is 51.1 Å². The van der Waals surface area contributed by atoms with Gasteiger partial charge in [0.2, 0.25) is 5.82 Å². The number of nitrogens with zero attached hydrogens (tertiary/aromatic N) is 1. The fraction of sp³-hybridized carbons (Fsp3) is 0.262. The first-order valence-electron chi connectivity index (χ1n) is 19.1. The zero-order valence-corrected chi connectivity index (χ0v) is 31.8. The van der Waals surface area contributed by atoms with E-state index in [4.69, 9.17) is 36.1 Å². The van der Waals surface area contributed by atoms with Crippen LogP contribution < -0.4 is 28.5 Å². The average molecular weight is 821 g/mol. The van der Waals surface area contributed by atoms with E-state index in [0.29, 0.717) is 21.9 Å². The molecule has 0 spiro atoms. The van der Waals surface area contributed by atoms with Crippen molar-refractivity contribution in [1.29, 1.82) is 0 Å². The Hall–Kier alpha value is -6.86. The largest absolute Gasteiger partial charge is 0.462 e. The number of esters is 3. The number of hydrogen-bond acceptors (Lipinski definition) is 12. The van der Waals surface area contributed by atoms with Crippen LogP contribution in [0.3, 0.4) is 0 Å². The van der Waals surface area contributed by atoms with Gasteiger partial charge in [-0.15, -0.1) is 0 Å². The molecule has 10 N–H and O–H groups in total. The number of aromatic nitrogens is 5. The van der Waals surface area contributed by atoms with E-state index < -0.39 is 84.2 Å². The first-order valence-corrected chi connectivity index (χ1v) is 19.1. The number of aromatic amines is 4. The number of halogens is 1. The summed E-state index contributed by atoms with van der Waals surface area (Å²) in [5, 5.41) is 2.51. The topological polar surface area (TPSA) is 268 Å². The van der Waals surface area contributed by atoms with E-state index >= 15 is 0 Å². The summed E-state index contributed by atoms with van der Waals surface area (Å²) in [6, 6.07) is 18.5. The molecule has 5 heterocycles. The van der Waals surface area contributed by atoms with E-state index in [1.165, 1.54) is 0 Å². The summed E-state index contributed by atoms with van der Waals surface area (Å²) in [4.78, 5) is 77.5. The Labute approximate surface area is 338 Å². The van der Waals surface area contributed by atoms with E-state index in [2.05, 4.69) is 15.0 Å². The molecule has 0 bridgehead atoms. The molecular weight excluding hydrogens is 780 g/mol. The lowest BCUT2D eigenvalue weighted by atomic mass is 10.0. The summed E-state index contributed by atoms with van der Waals surface area (Å²) in [6.07, 6.45) is -0.697. The van der Waals surface area contributed by atoms with Crippen molar-refractivity contribution in [2.24, 2.45) is 17.2 Å². The smallest absolute Gasteiger partial charge is 0.330 e. The lowest BCUT2D eigenvalue weighted by molar-refractivity contribution is -0.171. The van der Waals surface area contributed by atoms with Crippen LogP contribution >= 0.6 is 0 Å². The van der Waals surface area contributed by atoms with Gasteiger partial charge in [-0.25, -0.2) is 4.79 Å². The molecule has 1 aliphatic heterocycles. The summed E-state index contributed by atoms with van der Waals surface area (Å²) >= 11 is 0. The maximum atomic E-state index is 14.8. The molecule has 1 saturated heterocycles. The highest BCUT2D eigenvalue weighted by Crippen LogP contribution is 2.35. The van der Waals surface area contributed by atoms with Crippen molar-refractivity contribution >= 4 is 50.6 Å². The monoisotopic (exact) mass is 820 g/mol. The average Bonchev–Trinajstić information content (AvgIpc) is 4.04. The molecule has 1 aliphatic rings. The number of benzene rings is 3. The number of ether oxygens (including phenoxy) is 4. The number of hydrogen-bond donors (Lipinski definition) is 7. The molecule has 7 aromatic rings. The second-order valence-corrected chi connectivity index (χ2v) is 14.7. The molecule has 8 rings (SSSR count). The van der Waals surface area contributed by atoms with Crippen LogP contribution in [0.15, 0.2) is 107 Å². The third kappa shape index (κ3) is 8.08. The van der Waals surface area contributed by atoms with Crippen LogP contribution in [0, 0.1) is 5.82 Å². The zero-order chi connectivity index (χ0) is 42.1. The van der Waals surface area contributed by atoms with E-state index in [0.717, 1.165) is 38.3 Å². The molecule has 4 unspecified atom stereocenters. The second-order valence-electron chi connectivity index (χ2n) is 14.7. The molecule has 18 heteroatoms. The summed E-state index contributed by atoms with van der Waals surface area (Å²) in [5.41, 5.74) is 21.3. The normalized spacial score (nSPS) is 19.3. The highest BCUT2D eigenvalue weighted by atomic mass is 19.1. The zero-order valence-electron chi connectivity index (χ0n) is 31.8. The van der Waals surface area contributed by atoms with Crippen LogP contribution in [0.5, 0.6) is 0 Å². The van der Waals surface area contributed by atoms with Gasteiger partial charge in [-0.3, -0.25) is 28.7 Å². The van der Waals surface area contributed by atoms with E-state index in [1.807, 2.05) is 77.8 Å². The van der Waals surface area contributed by atoms with Crippen molar-refractivity contribution in [2.45, 2.75) is 61.9 Å². The Morgan fingerprint density at radius 2 is 1.10 bits per heavy atom. The van der Waals surface area contributed by atoms with Crippen molar-refractivity contribution in [3.63, 3.8) is 0 Å². The number of H-pyrrole nitrogens is 4. The Morgan fingerprint density at radius 3 is 1.58 bits per heavy atom. The number of carbonyl (C=O) groups excluding carboxylic acids is 3. The van der Waals surface area contributed by atoms with Gasteiger partial charge in [0.1, 0.15) is 30.8 Å². The molecule has 4 aromatic heterocycles. The summed E-state index contributed by atoms with van der Waals surface area (Å²) in [7, 11) is 0. The standard InChI is InChI=1S/C42H41FN8O9/c43-27-19-51(42(56)50-37(27)52)38-36(60-41(55)30(46)15-23-18-49-33-12-6-3-9-26(23)33)35(59-40(54)29(45)14-22-17-48-32-11-5-2-8-25(22)32)34(58-38)20-57-39(53)28(44)13-21-16-47-31-10-4-1-7-24(21)31/h1-12,16-19,28-30,34-36,38,47-49H,13-15,20,44-46H2,(H,50,52,56)/t28?,29?,30?,34-,35?,36+,38-/m1/s1. The minimum atomic E-state index is -1.74. The van der Waals surface area contributed by atoms with Gasteiger partial charge in [0.25, 0.3) is 5.56 Å². The maximum Gasteiger partial charge on any atom is 0.330 e. The first-order chi connectivity index (χ1) is 28.9. The fourth-order valence-electron chi connectivity index (χ4n) is 7.56. The van der Waals surface area contributed by atoms with Crippen molar-refractivity contribution < 1.29 is 37.7 Å². The minimum Gasteiger partial charge on any atom is -0.462 e. The van der Waals surface area contributed by atoms with Crippen molar-refractivity contribution in [3.05, 3.63) is 141 Å². The Morgan fingerprint density at radius 1 is 0.667 bits per heavy atom. The number of carbonyl (C=O) groups is 3. The quantitative estimate of drug-likeness (QED) is 0.0614. The Kier molecular flexibility index (Phi) is 11.2. The molecule has 0 amide bonds. The SMILES string of the molecule is NC(Cc1c[nH]c2ccccc12)C(=O)OC[C@H]1O[C@@H](n2cc(F)c(=O)[nH]c2=O)[C@@H](OC(=O)C(N)Cc2c[nH]c3ccccc23)C1OC(=O)C(N)Cc1c[nH]c2ccccc12. The third-order valence-corrected chi connectivity index (χ3v) is 10.6. The van der Waals surface area contributed by atoms with Gasteiger partial charge in [-0.05, 0) is 34.9 Å². The van der Waals surface area contributed by atoms with Crippen LogP contribution in [-0.2, 0) is 52.6 Å². The Bertz CT molecular complexity index is 2830. The first kappa shape index (κ1) is 39.9. The number of rotatable bonds is 14. The molecule has 17 nitrogen and oxygen atoms in total. The molecule has 7 atom stereocenters. The van der Waals surface area contributed by atoms with Crippen molar-refractivity contribution in [3.8, 4) is 0 Å². The van der Waals surface area contributed by atoms with Crippen LogP contribution in [-0.4, -0.2) is 85.5 Å². The number of nitrogens with two attached hydrogens (primary N) is 3. The lowest BCUT2D eigenvalue weighted by Crippen LogP contribution is -2.48. The van der Waals surface area contributed by atoms with E-state index in [-0.39, 0.29) is 19.3 Å². The van der Waals surface area contributed by atoms with Gasteiger partial charge in [-0.2, -0.15) is 4.39 Å². The van der Waals surface area contributed by atoms with Crippen LogP contribution in [0.4, 0.5) is 4.39 Å². The molecule has 0 saturated carbocycles. The van der Waals surface area contributed by atoms with Gasteiger partial charge in [0.15, 0.2) is 18.4 Å². The van der Waals surface area contributed by atoms with E-state index in [9.17, 15) is 28.4 Å². The summed E-state index contributed by atoms with van der Waals surface area (Å²) in [5.74, 6) is -4.19. The minimum absolute atomic E-state index is 0.00360. The molecule has 0 aliphatic carbocycles. The van der Waals surface area contributed by atoms with Crippen molar-refractivity contribution in [1.82, 2.24) is 24.5 Å². The molecule has 60 heavy (non-hydrogen) atoms. The van der Waals surface area contributed by atoms with Gasteiger partial charge >= 0.3 is 23.6 Å². The van der Waals surface area contributed by atoms with Gasteiger partial charge in [-0.1, -0.05) is 54.6 Å². The van der Waals surface area contributed by atoms with Crippen molar-refractivity contribution in [2.75, 3.05) is 6.61 Å². The third-order valence-electron chi connectivity index (χ3n) is 10.6. The van der Waals surface area contributed by atoms with Gasteiger partial charge in [0, 0.05) is 70.6 Å². The highest BCUT2D eigenvalue weighted by molar-refractivity contribution is 5.86. The predicted molar refractivity (Wildman–Crippen MR) is 216 cm³/mol. The molecule has 310 valence electrons. The van der Waals surface area contributed by atoms with Gasteiger partial charge in [0.05, 0.1) is 6.20 Å². The molecule has 0 radical (unpaired) electrons. The fourth-order valence-corrected chi connectivity index (χ4v) is 7.56. The number of para-hydroxylation sites is 3. The number of nitrogens with one attached hydrogen (secondary N) is 4.